The molecule has 0 amide bonds. The van der Waals surface area contributed by atoms with Gasteiger partial charge in [0, 0.05) is 11.0 Å². The van der Waals surface area contributed by atoms with Crippen LogP contribution in [0.25, 0.3) is 0 Å². The lowest BCUT2D eigenvalue weighted by molar-refractivity contribution is -0.140. The molecule has 18 heavy (non-hydrogen) atoms. The number of carbonyl (C=O) groups is 1. The molecule has 0 fully saturated rings. The van der Waals surface area contributed by atoms with Crippen LogP contribution in [0, 0.1) is 11.7 Å². The normalized spacial score (nSPS) is 12.7. The average molecular weight is 318 g/mol. The summed E-state index contributed by atoms with van der Waals surface area (Å²) in [5.41, 5.74) is 0.719. The van der Waals surface area contributed by atoms with Gasteiger partial charge < -0.3 is 10.4 Å². The van der Waals surface area contributed by atoms with Crippen molar-refractivity contribution in [3.63, 3.8) is 0 Å². The fourth-order valence-electron chi connectivity index (χ4n) is 1.70. The zero-order chi connectivity index (χ0) is 13.7. The number of nitrogens with one attached hydrogen (secondary N) is 1. The first-order valence-electron chi connectivity index (χ1n) is 5.79. The molecule has 5 heteroatoms. The monoisotopic (exact) mass is 317 g/mol. The van der Waals surface area contributed by atoms with Gasteiger partial charge in [-0.3, -0.25) is 4.79 Å². The Kier molecular flexibility index (Phi) is 5.75. The van der Waals surface area contributed by atoms with E-state index in [4.69, 9.17) is 5.11 Å². The lowest BCUT2D eigenvalue weighted by atomic mass is 10.0. The van der Waals surface area contributed by atoms with Crippen LogP contribution in [0.4, 0.5) is 4.39 Å². The van der Waals surface area contributed by atoms with E-state index in [2.05, 4.69) is 21.2 Å². The van der Waals surface area contributed by atoms with Crippen LogP contribution in [-0.2, 0) is 11.3 Å². The maximum atomic E-state index is 13.1. The van der Waals surface area contributed by atoms with E-state index in [9.17, 15) is 9.18 Å². The van der Waals surface area contributed by atoms with Crippen molar-refractivity contribution in [2.45, 2.75) is 32.9 Å². The molecule has 1 atom stereocenters. The minimum atomic E-state index is -0.876. The summed E-state index contributed by atoms with van der Waals surface area (Å²) >= 11 is 3.21. The van der Waals surface area contributed by atoms with E-state index in [1.165, 1.54) is 12.1 Å². The minimum Gasteiger partial charge on any atom is -0.480 e. The third-order valence-electron chi connectivity index (χ3n) is 2.48. The first kappa shape index (κ1) is 15.1. The summed E-state index contributed by atoms with van der Waals surface area (Å²) in [5, 5.41) is 12.0. The molecule has 0 spiro atoms. The second-order valence-electron chi connectivity index (χ2n) is 4.68. The van der Waals surface area contributed by atoms with Crippen molar-refractivity contribution in [1.82, 2.24) is 5.32 Å². The number of hydrogen-bond donors (Lipinski definition) is 2. The van der Waals surface area contributed by atoms with Crippen molar-refractivity contribution in [1.29, 1.82) is 0 Å². The standard InChI is InChI=1S/C13H17BrFNO2/c1-8(2)3-12(13(17)18)16-7-9-4-10(14)6-11(15)5-9/h4-6,8,12,16H,3,7H2,1-2H3,(H,17,18)/t12-/m1/s1. The quantitative estimate of drug-likeness (QED) is 0.847. The van der Waals surface area contributed by atoms with Crippen molar-refractivity contribution in [3.8, 4) is 0 Å². The number of benzene rings is 1. The molecule has 0 saturated carbocycles. The van der Waals surface area contributed by atoms with Crippen LogP contribution in [-0.4, -0.2) is 17.1 Å². The molecule has 0 unspecified atom stereocenters. The lowest BCUT2D eigenvalue weighted by Crippen LogP contribution is -2.37. The summed E-state index contributed by atoms with van der Waals surface area (Å²) in [5.74, 6) is -0.922. The molecule has 1 aromatic rings. The van der Waals surface area contributed by atoms with Crippen LogP contribution in [0.3, 0.4) is 0 Å². The number of rotatable bonds is 6. The Hall–Kier alpha value is -0.940. The van der Waals surface area contributed by atoms with Gasteiger partial charge in [0.25, 0.3) is 0 Å². The number of halogens is 2. The first-order chi connectivity index (χ1) is 8.38. The molecule has 1 rings (SSSR count). The Morgan fingerprint density at radius 2 is 2.11 bits per heavy atom. The highest BCUT2D eigenvalue weighted by molar-refractivity contribution is 9.10. The van der Waals surface area contributed by atoms with Gasteiger partial charge in [-0.15, -0.1) is 0 Å². The third kappa shape index (κ3) is 5.14. The molecule has 0 aliphatic carbocycles. The third-order valence-corrected chi connectivity index (χ3v) is 2.94. The van der Waals surface area contributed by atoms with Crippen LogP contribution in [0.5, 0.6) is 0 Å². The molecule has 0 aromatic heterocycles. The summed E-state index contributed by atoms with van der Waals surface area (Å²) in [6, 6.07) is 3.93. The van der Waals surface area contributed by atoms with E-state index < -0.39 is 12.0 Å². The van der Waals surface area contributed by atoms with Gasteiger partial charge in [0.05, 0.1) is 0 Å². The minimum absolute atomic E-state index is 0.290. The largest absolute Gasteiger partial charge is 0.480 e. The summed E-state index contributed by atoms with van der Waals surface area (Å²) in [6.45, 7) is 4.27. The maximum Gasteiger partial charge on any atom is 0.320 e. The van der Waals surface area contributed by atoms with Gasteiger partial charge in [0.15, 0.2) is 0 Å². The predicted molar refractivity (Wildman–Crippen MR) is 71.8 cm³/mol. The molecular weight excluding hydrogens is 301 g/mol. The van der Waals surface area contributed by atoms with E-state index in [1.54, 1.807) is 6.07 Å². The molecular formula is C13H17BrFNO2. The van der Waals surface area contributed by atoms with Crippen LogP contribution in [0.2, 0.25) is 0 Å². The molecule has 1 aromatic carbocycles. The number of carboxylic acids is 1. The van der Waals surface area contributed by atoms with Gasteiger partial charge in [-0.05, 0) is 36.1 Å². The van der Waals surface area contributed by atoms with Gasteiger partial charge in [0.2, 0.25) is 0 Å². The summed E-state index contributed by atoms with van der Waals surface area (Å²) in [4.78, 5) is 11.0. The number of carboxylic acid groups (broad SMARTS) is 1. The van der Waals surface area contributed by atoms with Crippen LogP contribution < -0.4 is 5.32 Å². The van der Waals surface area contributed by atoms with Gasteiger partial charge in [-0.1, -0.05) is 29.8 Å². The van der Waals surface area contributed by atoms with Crippen LogP contribution >= 0.6 is 15.9 Å². The molecule has 0 aliphatic rings. The van der Waals surface area contributed by atoms with E-state index >= 15 is 0 Å². The fraction of sp³-hybridized carbons (Fsp3) is 0.462. The van der Waals surface area contributed by atoms with Crippen molar-refractivity contribution in [3.05, 3.63) is 34.1 Å². The Morgan fingerprint density at radius 1 is 1.44 bits per heavy atom. The zero-order valence-corrected chi connectivity index (χ0v) is 12.0. The lowest BCUT2D eigenvalue weighted by Gasteiger charge is -2.16. The Morgan fingerprint density at radius 3 is 2.61 bits per heavy atom. The summed E-state index contributed by atoms with van der Waals surface area (Å²) in [7, 11) is 0. The van der Waals surface area contributed by atoms with E-state index in [0.29, 0.717) is 17.4 Å². The highest BCUT2D eigenvalue weighted by atomic mass is 79.9. The maximum absolute atomic E-state index is 13.1. The highest BCUT2D eigenvalue weighted by Crippen LogP contribution is 2.15. The molecule has 0 saturated heterocycles. The topological polar surface area (TPSA) is 49.3 Å². The second kappa shape index (κ2) is 6.85. The smallest absolute Gasteiger partial charge is 0.320 e. The van der Waals surface area contributed by atoms with Gasteiger partial charge in [-0.25, -0.2) is 4.39 Å². The molecule has 0 aliphatic heterocycles. The molecule has 0 bridgehead atoms. The van der Waals surface area contributed by atoms with Gasteiger partial charge in [0.1, 0.15) is 11.9 Å². The Labute approximate surface area is 115 Å². The molecule has 100 valence electrons. The average Bonchev–Trinajstić information content (AvgIpc) is 2.21. The van der Waals surface area contributed by atoms with Gasteiger partial charge >= 0.3 is 5.97 Å². The molecule has 0 radical (unpaired) electrons. The summed E-state index contributed by atoms with van der Waals surface area (Å²) < 4.78 is 13.8. The Bertz CT molecular complexity index is 403. The zero-order valence-electron chi connectivity index (χ0n) is 10.4. The predicted octanol–water partition coefficient (Wildman–Crippen LogP) is 3.18. The highest BCUT2D eigenvalue weighted by Gasteiger charge is 2.18. The molecule has 3 nitrogen and oxygen atoms in total. The van der Waals surface area contributed by atoms with E-state index in [-0.39, 0.29) is 11.7 Å². The Balaban J connectivity index is 2.63. The summed E-state index contributed by atoms with van der Waals surface area (Å²) in [6.07, 6.45) is 0.547. The van der Waals surface area contributed by atoms with Crippen molar-refractivity contribution < 1.29 is 14.3 Å². The number of aliphatic carboxylic acids is 1. The van der Waals surface area contributed by atoms with Crippen molar-refractivity contribution in [2.24, 2.45) is 5.92 Å². The van der Waals surface area contributed by atoms with E-state index in [0.717, 1.165) is 5.56 Å². The second-order valence-corrected chi connectivity index (χ2v) is 5.59. The van der Waals surface area contributed by atoms with Crippen LogP contribution in [0.1, 0.15) is 25.8 Å². The van der Waals surface area contributed by atoms with Crippen molar-refractivity contribution >= 4 is 21.9 Å². The molecule has 2 N–H and O–H groups in total. The SMILES string of the molecule is CC(C)C[C@@H](NCc1cc(F)cc(Br)c1)C(=O)O. The van der Waals surface area contributed by atoms with Crippen LogP contribution in [0.15, 0.2) is 22.7 Å². The van der Waals surface area contributed by atoms with Gasteiger partial charge in [-0.2, -0.15) is 0 Å². The van der Waals surface area contributed by atoms with Crippen molar-refractivity contribution in [2.75, 3.05) is 0 Å². The fourth-order valence-corrected chi connectivity index (χ4v) is 2.21. The first-order valence-corrected chi connectivity index (χ1v) is 6.59. The number of hydrogen-bond acceptors (Lipinski definition) is 2. The van der Waals surface area contributed by atoms with E-state index in [1.807, 2.05) is 13.8 Å². The molecule has 0 heterocycles.